The quantitative estimate of drug-likeness (QED) is 0.687. The molecule has 2 aromatic carbocycles. The van der Waals surface area contributed by atoms with Gasteiger partial charge in [-0.1, -0.05) is 36.4 Å². The fraction of sp³-hybridized carbons (Fsp3) is 0.118. The number of fused-ring (bicyclic) bond motifs is 1. The summed E-state index contributed by atoms with van der Waals surface area (Å²) in [6, 6.07) is 16.9. The molecule has 0 saturated carbocycles. The van der Waals surface area contributed by atoms with Crippen molar-refractivity contribution in [3.05, 3.63) is 66.4 Å². The van der Waals surface area contributed by atoms with E-state index in [4.69, 9.17) is 5.73 Å². The maximum absolute atomic E-state index is 12.1. The lowest BCUT2D eigenvalue weighted by molar-refractivity contribution is -0.117. The van der Waals surface area contributed by atoms with Gasteiger partial charge in [0.1, 0.15) is 0 Å². The molecule has 3 aromatic rings. The van der Waals surface area contributed by atoms with Gasteiger partial charge in [-0.15, -0.1) is 0 Å². The molecule has 0 unspecified atom stereocenters. The van der Waals surface area contributed by atoms with Crippen LogP contribution in [0.25, 0.3) is 10.9 Å². The molecule has 106 valence electrons. The summed E-state index contributed by atoms with van der Waals surface area (Å²) in [6.45, 7) is 0. The molecule has 0 bridgehead atoms. The molecule has 0 spiro atoms. The first-order valence-electron chi connectivity index (χ1n) is 6.90. The summed E-state index contributed by atoms with van der Waals surface area (Å²) in [6.07, 6.45) is 2.40. The number of nitrogens with two attached hydrogens (primary N) is 1. The molecule has 4 nitrogen and oxygen atoms in total. The van der Waals surface area contributed by atoms with Crippen molar-refractivity contribution in [1.82, 2.24) is 4.98 Å². The molecule has 0 aliphatic carbocycles. The van der Waals surface area contributed by atoms with Crippen molar-refractivity contribution < 1.29 is 4.79 Å². The van der Waals surface area contributed by atoms with Crippen LogP contribution in [0, 0.1) is 0 Å². The van der Waals surface area contributed by atoms with Crippen LogP contribution in [0.2, 0.25) is 0 Å². The van der Waals surface area contributed by atoms with Gasteiger partial charge < -0.3 is 16.0 Å². The van der Waals surface area contributed by atoms with Crippen molar-refractivity contribution in [2.45, 2.75) is 12.5 Å². The van der Waals surface area contributed by atoms with Gasteiger partial charge in [-0.2, -0.15) is 0 Å². The van der Waals surface area contributed by atoms with Crippen molar-refractivity contribution in [2.24, 2.45) is 5.73 Å². The number of anilines is 1. The topological polar surface area (TPSA) is 70.9 Å². The fourth-order valence-electron chi connectivity index (χ4n) is 2.32. The number of hydrogen-bond donors (Lipinski definition) is 3. The van der Waals surface area contributed by atoms with Crippen LogP contribution in [0.4, 0.5) is 5.69 Å². The second-order valence-electron chi connectivity index (χ2n) is 5.07. The van der Waals surface area contributed by atoms with E-state index < -0.39 is 6.04 Å². The SMILES string of the molecule is N[C@@H](Cc1ccccc1)C(=O)Nc1ccc2cc[nH]c2c1. The van der Waals surface area contributed by atoms with Gasteiger partial charge in [0.2, 0.25) is 5.91 Å². The summed E-state index contributed by atoms with van der Waals surface area (Å²) >= 11 is 0. The Labute approximate surface area is 123 Å². The van der Waals surface area contributed by atoms with E-state index in [-0.39, 0.29) is 5.91 Å². The smallest absolute Gasteiger partial charge is 0.241 e. The van der Waals surface area contributed by atoms with Gasteiger partial charge in [0, 0.05) is 17.4 Å². The number of amides is 1. The third-order valence-electron chi connectivity index (χ3n) is 3.46. The van der Waals surface area contributed by atoms with E-state index in [1.165, 1.54) is 0 Å². The number of hydrogen-bond acceptors (Lipinski definition) is 2. The van der Waals surface area contributed by atoms with Crippen molar-refractivity contribution in [1.29, 1.82) is 0 Å². The van der Waals surface area contributed by atoms with E-state index in [0.29, 0.717) is 6.42 Å². The number of H-pyrrole nitrogens is 1. The van der Waals surface area contributed by atoms with Gasteiger partial charge in [0.05, 0.1) is 6.04 Å². The number of carbonyl (C=O) groups is 1. The van der Waals surface area contributed by atoms with Crippen LogP contribution in [0.15, 0.2) is 60.8 Å². The van der Waals surface area contributed by atoms with Gasteiger partial charge in [0.25, 0.3) is 0 Å². The summed E-state index contributed by atoms with van der Waals surface area (Å²) in [4.78, 5) is 15.3. The lowest BCUT2D eigenvalue weighted by Gasteiger charge is -2.12. The van der Waals surface area contributed by atoms with E-state index in [2.05, 4.69) is 10.3 Å². The lowest BCUT2D eigenvalue weighted by Crippen LogP contribution is -2.37. The maximum Gasteiger partial charge on any atom is 0.241 e. The zero-order valence-electron chi connectivity index (χ0n) is 11.5. The molecule has 0 saturated heterocycles. The van der Waals surface area contributed by atoms with Crippen LogP contribution in [-0.2, 0) is 11.2 Å². The van der Waals surface area contributed by atoms with Gasteiger partial charge in [-0.05, 0) is 35.6 Å². The molecule has 1 amide bonds. The van der Waals surface area contributed by atoms with Gasteiger partial charge >= 0.3 is 0 Å². The fourth-order valence-corrected chi connectivity index (χ4v) is 2.32. The lowest BCUT2D eigenvalue weighted by atomic mass is 10.1. The van der Waals surface area contributed by atoms with Crippen molar-refractivity contribution in [2.75, 3.05) is 5.32 Å². The molecular formula is C17H17N3O. The Kier molecular flexibility index (Phi) is 3.71. The van der Waals surface area contributed by atoms with Crippen molar-refractivity contribution in [3.63, 3.8) is 0 Å². The first-order chi connectivity index (χ1) is 10.2. The Balaban J connectivity index is 1.67. The highest BCUT2D eigenvalue weighted by Crippen LogP contribution is 2.17. The molecule has 1 aromatic heterocycles. The molecule has 0 radical (unpaired) electrons. The van der Waals surface area contributed by atoms with Crippen LogP contribution in [-0.4, -0.2) is 16.9 Å². The Morgan fingerprint density at radius 2 is 1.95 bits per heavy atom. The molecule has 0 aliphatic rings. The van der Waals surface area contributed by atoms with Crippen LogP contribution < -0.4 is 11.1 Å². The Hall–Kier alpha value is -2.59. The zero-order chi connectivity index (χ0) is 14.7. The number of aromatic amines is 1. The number of aromatic nitrogens is 1. The zero-order valence-corrected chi connectivity index (χ0v) is 11.5. The largest absolute Gasteiger partial charge is 0.361 e. The van der Waals surface area contributed by atoms with E-state index in [1.54, 1.807) is 0 Å². The third kappa shape index (κ3) is 3.12. The third-order valence-corrected chi connectivity index (χ3v) is 3.46. The molecule has 3 rings (SSSR count). The van der Waals surface area contributed by atoms with Crippen LogP contribution >= 0.6 is 0 Å². The Morgan fingerprint density at radius 1 is 1.14 bits per heavy atom. The average Bonchev–Trinajstić information content (AvgIpc) is 2.95. The molecule has 1 heterocycles. The number of nitrogens with one attached hydrogen (secondary N) is 2. The van der Waals surface area contributed by atoms with E-state index >= 15 is 0 Å². The summed E-state index contributed by atoms with van der Waals surface area (Å²) in [7, 11) is 0. The molecular weight excluding hydrogens is 262 g/mol. The minimum atomic E-state index is -0.563. The molecule has 0 fully saturated rings. The highest BCUT2D eigenvalue weighted by molar-refractivity contribution is 5.96. The van der Waals surface area contributed by atoms with E-state index in [9.17, 15) is 4.79 Å². The summed E-state index contributed by atoms with van der Waals surface area (Å²) < 4.78 is 0. The second kappa shape index (κ2) is 5.81. The predicted octanol–water partition coefficient (Wildman–Crippen LogP) is 2.68. The summed E-state index contributed by atoms with van der Waals surface area (Å²) in [5.41, 5.74) is 8.76. The Bertz CT molecular complexity index is 749. The first kappa shape index (κ1) is 13.4. The summed E-state index contributed by atoms with van der Waals surface area (Å²) in [5, 5.41) is 3.97. The number of rotatable bonds is 4. The molecule has 0 aliphatic heterocycles. The average molecular weight is 279 g/mol. The maximum atomic E-state index is 12.1. The molecule has 4 heteroatoms. The van der Waals surface area contributed by atoms with Crippen LogP contribution in [0.3, 0.4) is 0 Å². The Morgan fingerprint density at radius 3 is 2.76 bits per heavy atom. The molecule has 1 atom stereocenters. The van der Waals surface area contributed by atoms with Crippen LogP contribution in [0.1, 0.15) is 5.56 Å². The number of benzene rings is 2. The van der Waals surface area contributed by atoms with Crippen molar-refractivity contribution in [3.8, 4) is 0 Å². The normalized spacial score (nSPS) is 12.2. The highest BCUT2D eigenvalue weighted by atomic mass is 16.2. The minimum absolute atomic E-state index is 0.176. The van der Waals surface area contributed by atoms with Crippen molar-refractivity contribution >= 4 is 22.5 Å². The van der Waals surface area contributed by atoms with Gasteiger partial charge in [-0.3, -0.25) is 4.79 Å². The standard InChI is InChI=1S/C17H17N3O/c18-15(10-12-4-2-1-3-5-12)17(21)20-14-7-6-13-8-9-19-16(13)11-14/h1-9,11,15,19H,10,18H2,(H,20,21)/t15-/m0/s1. The van der Waals surface area contributed by atoms with E-state index in [0.717, 1.165) is 22.2 Å². The molecule has 21 heavy (non-hydrogen) atoms. The van der Waals surface area contributed by atoms with Gasteiger partial charge in [-0.25, -0.2) is 0 Å². The first-order valence-corrected chi connectivity index (χ1v) is 6.90. The minimum Gasteiger partial charge on any atom is -0.361 e. The van der Waals surface area contributed by atoms with E-state index in [1.807, 2.05) is 60.8 Å². The molecule has 4 N–H and O–H groups in total. The monoisotopic (exact) mass is 279 g/mol. The van der Waals surface area contributed by atoms with Gasteiger partial charge in [0.15, 0.2) is 0 Å². The van der Waals surface area contributed by atoms with Crippen LogP contribution in [0.5, 0.6) is 0 Å². The summed E-state index contributed by atoms with van der Waals surface area (Å²) in [5.74, 6) is -0.176. The second-order valence-corrected chi connectivity index (χ2v) is 5.07. The predicted molar refractivity (Wildman–Crippen MR) is 85.0 cm³/mol. The number of carbonyl (C=O) groups excluding carboxylic acids is 1. The highest BCUT2D eigenvalue weighted by Gasteiger charge is 2.14.